The van der Waals surface area contributed by atoms with Crippen molar-refractivity contribution in [2.45, 2.75) is 18.2 Å². The second-order valence-corrected chi connectivity index (χ2v) is 5.96. The molecule has 4 nitrogen and oxygen atoms in total. The zero-order valence-corrected chi connectivity index (χ0v) is 12.4. The Hall–Kier alpha value is -2.28. The van der Waals surface area contributed by atoms with Crippen LogP contribution >= 0.6 is 0 Å². The summed E-state index contributed by atoms with van der Waals surface area (Å²) in [6, 6.07) is 7.60. The van der Waals surface area contributed by atoms with Crippen LogP contribution in [0.5, 0.6) is 5.75 Å². The summed E-state index contributed by atoms with van der Waals surface area (Å²) in [6.07, 6.45) is 0.162. The molecule has 0 unspecified atom stereocenters. The molecule has 7 heteroatoms. The van der Waals surface area contributed by atoms with E-state index in [4.69, 9.17) is 4.18 Å². The fourth-order valence-corrected chi connectivity index (χ4v) is 2.79. The van der Waals surface area contributed by atoms with Crippen LogP contribution in [-0.2, 0) is 10.1 Å². The average molecular weight is 326 g/mol. The van der Waals surface area contributed by atoms with Crippen molar-refractivity contribution < 1.29 is 26.2 Å². The van der Waals surface area contributed by atoms with Gasteiger partial charge in [-0.1, -0.05) is 19.1 Å². The van der Waals surface area contributed by atoms with Gasteiger partial charge >= 0.3 is 10.1 Å². The molecule has 0 fully saturated rings. The van der Waals surface area contributed by atoms with Gasteiger partial charge in [0.2, 0.25) is 0 Å². The van der Waals surface area contributed by atoms with E-state index >= 15 is 0 Å². The van der Waals surface area contributed by atoms with Gasteiger partial charge in [0.25, 0.3) is 0 Å². The number of benzene rings is 2. The number of halogens is 2. The Labute approximate surface area is 126 Å². The van der Waals surface area contributed by atoms with Crippen molar-refractivity contribution >= 4 is 15.9 Å². The first-order chi connectivity index (χ1) is 10.3. The number of rotatable bonds is 5. The Morgan fingerprint density at radius 1 is 1.09 bits per heavy atom. The Kier molecular flexibility index (Phi) is 4.56. The van der Waals surface area contributed by atoms with E-state index in [1.165, 1.54) is 18.2 Å². The molecule has 2 aromatic rings. The van der Waals surface area contributed by atoms with Gasteiger partial charge in [0.05, 0.1) is 5.56 Å². The first-order valence-electron chi connectivity index (χ1n) is 6.36. The van der Waals surface area contributed by atoms with Crippen molar-refractivity contribution in [2.24, 2.45) is 0 Å². The number of ketones is 1. The van der Waals surface area contributed by atoms with Gasteiger partial charge in [-0.2, -0.15) is 8.42 Å². The highest BCUT2D eigenvalue weighted by atomic mass is 32.2. The van der Waals surface area contributed by atoms with Crippen molar-refractivity contribution in [2.75, 3.05) is 0 Å². The lowest BCUT2D eigenvalue weighted by Gasteiger charge is -2.10. The molecule has 0 saturated carbocycles. The molecule has 0 bridgehead atoms. The van der Waals surface area contributed by atoms with Gasteiger partial charge in [0.15, 0.2) is 11.5 Å². The fourth-order valence-electron chi connectivity index (χ4n) is 1.80. The third-order valence-corrected chi connectivity index (χ3v) is 4.04. The second-order valence-electron chi connectivity index (χ2n) is 4.42. The van der Waals surface area contributed by atoms with Crippen molar-refractivity contribution in [1.29, 1.82) is 0 Å². The van der Waals surface area contributed by atoms with Crippen LogP contribution in [0.1, 0.15) is 23.7 Å². The van der Waals surface area contributed by atoms with Gasteiger partial charge in [0, 0.05) is 12.5 Å². The molecular weight excluding hydrogens is 314 g/mol. The Balaban J connectivity index is 2.43. The molecule has 0 spiro atoms. The molecule has 2 rings (SSSR count). The summed E-state index contributed by atoms with van der Waals surface area (Å²) in [5.74, 6) is -2.57. The van der Waals surface area contributed by atoms with E-state index < -0.39 is 26.6 Å². The monoisotopic (exact) mass is 326 g/mol. The SMILES string of the molecule is CCC(=O)c1ccccc1OS(=O)(=O)c1cc(F)cc(F)c1. The minimum absolute atomic E-state index is 0.0884. The standard InChI is InChI=1S/C15H12F2O4S/c1-2-14(18)13-5-3-4-6-15(13)21-22(19,20)12-8-10(16)7-11(17)9-12/h3-9H,2H2,1H3. The highest BCUT2D eigenvalue weighted by molar-refractivity contribution is 7.87. The zero-order valence-electron chi connectivity index (χ0n) is 11.5. The summed E-state index contributed by atoms with van der Waals surface area (Å²) in [5.41, 5.74) is 0.0884. The molecule has 0 N–H and O–H groups in total. The minimum atomic E-state index is -4.45. The minimum Gasteiger partial charge on any atom is -0.378 e. The van der Waals surface area contributed by atoms with Gasteiger partial charge in [0.1, 0.15) is 16.5 Å². The molecule has 0 saturated heterocycles. The number of Topliss-reactive ketones (excluding diaryl/α,β-unsaturated/α-hetero) is 1. The van der Waals surface area contributed by atoms with Crippen LogP contribution in [0.2, 0.25) is 0 Å². The maximum absolute atomic E-state index is 13.1. The van der Waals surface area contributed by atoms with Gasteiger partial charge in [-0.25, -0.2) is 8.78 Å². The van der Waals surface area contributed by atoms with Crippen LogP contribution in [-0.4, -0.2) is 14.2 Å². The van der Waals surface area contributed by atoms with Gasteiger partial charge < -0.3 is 4.18 Å². The predicted molar refractivity (Wildman–Crippen MR) is 75.2 cm³/mol. The quantitative estimate of drug-likeness (QED) is 0.625. The van der Waals surface area contributed by atoms with Crippen LogP contribution in [0.15, 0.2) is 47.4 Å². The fraction of sp³-hybridized carbons (Fsp3) is 0.133. The Bertz CT molecular complexity index is 796. The topological polar surface area (TPSA) is 60.4 Å². The maximum atomic E-state index is 13.1. The zero-order chi connectivity index (χ0) is 16.3. The smallest absolute Gasteiger partial charge is 0.339 e. The summed E-state index contributed by atoms with van der Waals surface area (Å²) in [6.45, 7) is 1.62. The normalized spacial score (nSPS) is 11.2. The third kappa shape index (κ3) is 3.48. The van der Waals surface area contributed by atoms with E-state index in [9.17, 15) is 22.0 Å². The summed E-state index contributed by atoms with van der Waals surface area (Å²) in [5, 5.41) is 0. The van der Waals surface area contributed by atoms with Crippen LogP contribution in [0.3, 0.4) is 0 Å². The van der Waals surface area contributed by atoms with Gasteiger partial charge in [-0.3, -0.25) is 4.79 Å². The Morgan fingerprint density at radius 3 is 2.27 bits per heavy atom. The van der Waals surface area contributed by atoms with Crippen molar-refractivity contribution in [3.05, 3.63) is 59.7 Å². The largest absolute Gasteiger partial charge is 0.378 e. The summed E-state index contributed by atoms with van der Waals surface area (Å²) < 4.78 is 55.4. The molecule has 0 aliphatic rings. The molecule has 0 amide bonds. The van der Waals surface area contributed by atoms with E-state index in [2.05, 4.69) is 0 Å². The van der Waals surface area contributed by atoms with E-state index in [-0.39, 0.29) is 23.5 Å². The van der Waals surface area contributed by atoms with Crippen LogP contribution in [0.25, 0.3) is 0 Å². The maximum Gasteiger partial charge on any atom is 0.339 e. The molecule has 0 atom stereocenters. The number of carbonyl (C=O) groups is 1. The van der Waals surface area contributed by atoms with Crippen molar-refractivity contribution in [1.82, 2.24) is 0 Å². The van der Waals surface area contributed by atoms with Crippen LogP contribution in [0.4, 0.5) is 8.78 Å². The summed E-state index contributed by atoms with van der Waals surface area (Å²) in [4.78, 5) is 11.1. The lowest BCUT2D eigenvalue weighted by atomic mass is 10.1. The van der Waals surface area contributed by atoms with E-state index in [1.807, 2.05) is 0 Å². The van der Waals surface area contributed by atoms with Gasteiger partial charge in [-0.05, 0) is 24.3 Å². The molecule has 22 heavy (non-hydrogen) atoms. The average Bonchev–Trinajstić information content (AvgIpc) is 2.45. The van der Waals surface area contributed by atoms with Crippen LogP contribution < -0.4 is 4.18 Å². The van der Waals surface area contributed by atoms with E-state index in [0.717, 1.165) is 0 Å². The number of hydrogen-bond acceptors (Lipinski definition) is 4. The van der Waals surface area contributed by atoms with Crippen molar-refractivity contribution in [3.63, 3.8) is 0 Å². The number of carbonyl (C=O) groups excluding carboxylic acids is 1. The first kappa shape index (κ1) is 16.1. The summed E-state index contributed by atoms with van der Waals surface area (Å²) in [7, 11) is -4.45. The van der Waals surface area contributed by atoms with E-state index in [0.29, 0.717) is 18.2 Å². The molecular formula is C15H12F2O4S. The lowest BCUT2D eigenvalue weighted by Crippen LogP contribution is -2.13. The lowest BCUT2D eigenvalue weighted by molar-refractivity contribution is 0.0986. The molecule has 0 aliphatic heterocycles. The van der Waals surface area contributed by atoms with Crippen molar-refractivity contribution in [3.8, 4) is 5.75 Å². The molecule has 0 aliphatic carbocycles. The predicted octanol–water partition coefficient (Wildman–Crippen LogP) is 3.33. The highest BCUT2D eigenvalue weighted by Crippen LogP contribution is 2.24. The second kappa shape index (κ2) is 6.23. The number of para-hydroxylation sites is 1. The first-order valence-corrected chi connectivity index (χ1v) is 7.77. The third-order valence-electron chi connectivity index (χ3n) is 2.83. The van der Waals surface area contributed by atoms with Crippen LogP contribution in [0, 0.1) is 11.6 Å². The molecule has 0 aromatic heterocycles. The number of hydrogen-bond donors (Lipinski definition) is 0. The highest BCUT2D eigenvalue weighted by Gasteiger charge is 2.21. The molecule has 2 aromatic carbocycles. The van der Waals surface area contributed by atoms with Gasteiger partial charge in [-0.15, -0.1) is 0 Å². The Morgan fingerprint density at radius 2 is 1.68 bits per heavy atom. The van der Waals surface area contributed by atoms with E-state index in [1.54, 1.807) is 13.0 Å². The molecule has 116 valence electrons. The summed E-state index contributed by atoms with van der Waals surface area (Å²) >= 11 is 0. The molecule has 0 radical (unpaired) electrons. The molecule has 0 heterocycles.